The third kappa shape index (κ3) is 5.38. The van der Waals surface area contributed by atoms with Gasteiger partial charge in [-0.2, -0.15) is 0 Å². The number of carbonyl (C=O) groups excluding carboxylic acids is 1. The van der Waals surface area contributed by atoms with Crippen molar-refractivity contribution < 1.29 is 14.7 Å². The SMILES string of the molecule is CCCCC1NC(=O)NC1CCCCCC(=O)O. The number of carbonyl (C=O) groups is 2. The van der Waals surface area contributed by atoms with Crippen molar-refractivity contribution in [1.82, 2.24) is 10.6 Å². The van der Waals surface area contributed by atoms with Gasteiger partial charge in [-0.25, -0.2) is 4.79 Å². The molecule has 2 unspecified atom stereocenters. The molecule has 1 fully saturated rings. The minimum Gasteiger partial charge on any atom is -0.481 e. The molecule has 0 spiro atoms. The van der Waals surface area contributed by atoms with Crippen LogP contribution in [-0.4, -0.2) is 29.2 Å². The molecule has 5 heteroatoms. The predicted octanol–water partition coefficient (Wildman–Crippen LogP) is 2.26. The number of hydrogen-bond acceptors (Lipinski definition) is 2. The fourth-order valence-corrected chi connectivity index (χ4v) is 2.37. The van der Waals surface area contributed by atoms with Gasteiger partial charge in [-0.15, -0.1) is 0 Å². The molecule has 0 aromatic heterocycles. The molecule has 2 atom stereocenters. The Balaban J connectivity index is 2.18. The van der Waals surface area contributed by atoms with Crippen LogP contribution in [0.3, 0.4) is 0 Å². The maximum atomic E-state index is 11.3. The Labute approximate surface area is 108 Å². The summed E-state index contributed by atoms with van der Waals surface area (Å²) in [4.78, 5) is 21.7. The number of urea groups is 1. The molecule has 104 valence electrons. The zero-order valence-corrected chi connectivity index (χ0v) is 11.1. The first-order chi connectivity index (χ1) is 8.63. The lowest BCUT2D eigenvalue weighted by Gasteiger charge is -2.17. The van der Waals surface area contributed by atoms with Crippen LogP contribution in [0, 0.1) is 0 Å². The fraction of sp³-hybridized carbons (Fsp3) is 0.846. The van der Waals surface area contributed by atoms with Crippen LogP contribution >= 0.6 is 0 Å². The van der Waals surface area contributed by atoms with E-state index in [-0.39, 0.29) is 24.5 Å². The molecule has 0 saturated carbocycles. The summed E-state index contributed by atoms with van der Waals surface area (Å²) in [6.45, 7) is 2.14. The van der Waals surface area contributed by atoms with Gasteiger partial charge in [0.15, 0.2) is 0 Å². The quantitative estimate of drug-likeness (QED) is 0.554. The molecule has 5 nitrogen and oxygen atoms in total. The highest BCUT2D eigenvalue weighted by Crippen LogP contribution is 2.16. The Morgan fingerprint density at radius 2 is 1.72 bits per heavy atom. The molecular weight excluding hydrogens is 232 g/mol. The molecule has 1 aliphatic heterocycles. The van der Waals surface area contributed by atoms with Gasteiger partial charge in [0.25, 0.3) is 0 Å². The van der Waals surface area contributed by atoms with Crippen molar-refractivity contribution in [3.8, 4) is 0 Å². The fourth-order valence-electron chi connectivity index (χ4n) is 2.37. The number of carboxylic acid groups (broad SMARTS) is 1. The van der Waals surface area contributed by atoms with Gasteiger partial charge in [-0.3, -0.25) is 4.79 Å². The Bertz CT molecular complexity index is 281. The second-order valence-electron chi connectivity index (χ2n) is 4.97. The summed E-state index contributed by atoms with van der Waals surface area (Å²) in [5.41, 5.74) is 0. The van der Waals surface area contributed by atoms with E-state index in [2.05, 4.69) is 17.6 Å². The van der Waals surface area contributed by atoms with E-state index in [1.807, 2.05) is 0 Å². The van der Waals surface area contributed by atoms with Crippen LogP contribution in [0.4, 0.5) is 4.79 Å². The van der Waals surface area contributed by atoms with Gasteiger partial charge in [0, 0.05) is 6.42 Å². The molecule has 1 rings (SSSR count). The summed E-state index contributed by atoms with van der Waals surface area (Å²) in [6.07, 6.45) is 7.08. The summed E-state index contributed by atoms with van der Waals surface area (Å²) in [7, 11) is 0. The molecule has 0 radical (unpaired) electrons. The number of unbranched alkanes of at least 4 members (excludes halogenated alkanes) is 3. The molecule has 3 N–H and O–H groups in total. The summed E-state index contributed by atoms with van der Waals surface area (Å²) >= 11 is 0. The van der Waals surface area contributed by atoms with Crippen LogP contribution in [0.1, 0.15) is 58.3 Å². The molecule has 1 saturated heterocycles. The van der Waals surface area contributed by atoms with Crippen molar-refractivity contribution >= 4 is 12.0 Å². The van der Waals surface area contributed by atoms with E-state index < -0.39 is 5.97 Å². The average Bonchev–Trinajstić information content (AvgIpc) is 2.66. The van der Waals surface area contributed by atoms with Crippen LogP contribution in [0.15, 0.2) is 0 Å². The lowest BCUT2D eigenvalue weighted by atomic mass is 9.98. The van der Waals surface area contributed by atoms with Gasteiger partial charge < -0.3 is 15.7 Å². The van der Waals surface area contributed by atoms with Crippen LogP contribution in [0.25, 0.3) is 0 Å². The van der Waals surface area contributed by atoms with E-state index in [1.54, 1.807) is 0 Å². The molecule has 0 aromatic rings. The first kappa shape index (κ1) is 14.8. The Kier molecular flexibility index (Phi) is 6.54. The first-order valence-electron chi connectivity index (χ1n) is 6.92. The van der Waals surface area contributed by atoms with Crippen molar-refractivity contribution in [3.63, 3.8) is 0 Å². The van der Waals surface area contributed by atoms with Gasteiger partial charge in [-0.05, 0) is 19.3 Å². The number of rotatable bonds is 9. The summed E-state index contributed by atoms with van der Waals surface area (Å²) in [6, 6.07) is 0.400. The highest BCUT2D eigenvalue weighted by Gasteiger charge is 2.29. The Hall–Kier alpha value is -1.26. The number of aliphatic carboxylic acids is 1. The third-order valence-electron chi connectivity index (χ3n) is 3.39. The maximum Gasteiger partial charge on any atom is 0.315 e. The normalized spacial score (nSPS) is 22.6. The van der Waals surface area contributed by atoms with E-state index in [9.17, 15) is 9.59 Å². The van der Waals surface area contributed by atoms with Crippen molar-refractivity contribution in [2.24, 2.45) is 0 Å². The minimum absolute atomic E-state index is 0.0633. The summed E-state index contributed by atoms with van der Waals surface area (Å²) < 4.78 is 0. The van der Waals surface area contributed by atoms with Crippen LogP contribution in [-0.2, 0) is 4.79 Å². The van der Waals surface area contributed by atoms with Gasteiger partial charge in [-0.1, -0.05) is 32.6 Å². The van der Waals surface area contributed by atoms with E-state index in [0.717, 1.165) is 44.9 Å². The van der Waals surface area contributed by atoms with Crippen LogP contribution in [0.2, 0.25) is 0 Å². The molecule has 18 heavy (non-hydrogen) atoms. The van der Waals surface area contributed by atoms with Crippen molar-refractivity contribution in [2.45, 2.75) is 70.4 Å². The maximum absolute atomic E-state index is 11.3. The topological polar surface area (TPSA) is 78.4 Å². The van der Waals surface area contributed by atoms with Gasteiger partial charge in [0.2, 0.25) is 0 Å². The van der Waals surface area contributed by atoms with Crippen molar-refractivity contribution in [3.05, 3.63) is 0 Å². The molecular formula is C13H24N2O3. The van der Waals surface area contributed by atoms with Crippen LogP contribution in [0.5, 0.6) is 0 Å². The van der Waals surface area contributed by atoms with Crippen molar-refractivity contribution in [2.75, 3.05) is 0 Å². The smallest absolute Gasteiger partial charge is 0.315 e. The zero-order valence-electron chi connectivity index (χ0n) is 11.1. The van der Waals surface area contributed by atoms with Gasteiger partial charge in [0.05, 0.1) is 12.1 Å². The molecule has 0 bridgehead atoms. The third-order valence-corrected chi connectivity index (χ3v) is 3.39. The largest absolute Gasteiger partial charge is 0.481 e. The Morgan fingerprint density at radius 3 is 2.28 bits per heavy atom. The summed E-state index contributed by atoms with van der Waals surface area (Å²) in [5.74, 6) is -0.730. The van der Waals surface area contributed by atoms with Gasteiger partial charge >= 0.3 is 12.0 Å². The van der Waals surface area contributed by atoms with Gasteiger partial charge in [0.1, 0.15) is 0 Å². The van der Waals surface area contributed by atoms with Crippen molar-refractivity contribution in [1.29, 1.82) is 0 Å². The molecule has 0 aromatic carbocycles. The summed E-state index contributed by atoms with van der Waals surface area (Å²) in [5, 5.41) is 14.4. The van der Waals surface area contributed by atoms with E-state index in [4.69, 9.17) is 5.11 Å². The van der Waals surface area contributed by atoms with E-state index in [0.29, 0.717) is 0 Å². The lowest BCUT2D eigenvalue weighted by Crippen LogP contribution is -2.33. The second-order valence-corrected chi connectivity index (χ2v) is 4.97. The first-order valence-corrected chi connectivity index (χ1v) is 6.92. The number of nitrogens with one attached hydrogen (secondary N) is 2. The molecule has 2 amide bonds. The minimum atomic E-state index is -0.730. The average molecular weight is 256 g/mol. The second kappa shape index (κ2) is 7.95. The van der Waals surface area contributed by atoms with Crippen LogP contribution < -0.4 is 10.6 Å². The molecule has 1 heterocycles. The lowest BCUT2D eigenvalue weighted by molar-refractivity contribution is -0.137. The zero-order chi connectivity index (χ0) is 13.4. The number of amides is 2. The molecule has 1 aliphatic rings. The number of carboxylic acids is 1. The number of hydrogen-bond donors (Lipinski definition) is 3. The standard InChI is InChI=1S/C13H24N2O3/c1-2-3-7-10-11(15-13(18)14-10)8-5-4-6-9-12(16)17/h10-11H,2-9H2,1H3,(H,16,17)(H2,14,15,18). The monoisotopic (exact) mass is 256 g/mol. The highest BCUT2D eigenvalue weighted by molar-refractivity contribution is 5.77. The molecule has 0 aliphatic carbocycles. The Morgan fingerprint density at radius 1 is 1.11 bits per heavy atom. The van der Waals surface area contributed by atoms with E-state index in [1.165, 1.54) is 0 Å². The highest BCUT2D eigenvalue weighted by atomic mass is 16.4. The van der Waals surface area contributed by atoms with E-state index >= 15 is 0 Å². The predicted molar refractivity (Wildman–Crippen MR) is 69.5 cm³/mol.